The third kappa shape index (κ3) is 2.11. The standard InChI is InChI=1S/C15H20N2O2/c1-9(2)13-16-11-7-6-10(8-12(11)17(13)5)15(3,4)14(18)19/h6-9H,1-5H3,(H,18,19). The molecule has 0 bridgehead atoms. The van der Waals surface area contributed by atoms with Gasteiger partial charge in [0.05, 0.1) is 16.4 Å². The number of hydrogen-bond donors (Lipinski definition) is 1. The van der Waals surface area contributed by atoms with Crippen LogP contribution >= 0.6 is 0 Å². The molecule has 19 heavy (non-hydrogen) atoms. The van der Waals surface area contributed by atoms with Crippen molar-refractivity contribution in [1.82, 2.24) is 9.55 Å². The fourth-order valence-electron chi connectivity index (χ4n) is 2.24. The monoisotopic (exact) mass is 260 g/mol. The van der Waals surface area contributed by atoms with E-state index in [1.807, 2.05) is 29.8 Å². The smallest absolute Gasteiger partial charge is 0.313 e. The van der Waals surface area contributed by atoms with E-state index < -0.39 is 11.4 Å². The van der Waals surface area contributed by atoms with Gasteiger partial charge in [-0.05, 0) is 31.5 Å². The lowest BCUT2D eigenvalue weighted by Gasteiger charge is -2.19. The normalized spacial score (nSPS) is 12.3. The van der Waals surface area contributed by atoms with E-state index in [0.717, 1.165) is 22.4 Å². The minimum atomic E-state index is -0.892. The molecular weight excluding hydrogens is 240 g/mol. The molecule has 0 aliphatic heterocycles. The Kier molecular flexibility index (Phi) is 3.12. The SMILES string of the molecule is CC(C)c1nc2ccc(C(C)(C)C(=O)O)cc2n1C. The molecule has 0 spiro atoms. The summed E-state index contributed by atoms with van der Waals surface area (Å²) < 4.78 is 2.04. The Bertz CT molecular complexity index is 639. The second-order valence-corrected chi connectivity index (χ2v) is 5.82. The minimum absolute atomic E-state index is 0.341. The molecule has 0 amide bonds. The van der Waals surface area contributed by atoms with Crippen LogP contribution in [0.4, 0.5) is 0 Å². The molecule has 1 aromatic carbocycles. The maximum Gasteiger partial charge on any atom is 0.313 e. The molecule has 0 saturated carbocycles. The fourth-order valence-corrected chi connectivity index (χ4v) is 2.24. The Morgan fingerprint density at radius 2 is 2.00 bits per heavy atom. The van der Waals surface area contributed by atoms with E-state index in [0.29, 0.717) is 5.92 Å². The first-order valence-corrected chi connectivity index (χ1v) is 6.45. The molecule has 0 unspecified atom stereocenters. The summed E-state index contributed by atoms with van der Waals surface area (Å²) in [6.45, 7) is 7.64. The molecule has 102 valence electrons. The topological polar surface area (TPSA) is 55.1 Å². The molecular formula is C15H20N2O2. The maximum atomic E-state index is 11.3. The van der Waals surface area contributed by atoms with Crippen LogP contribution in [-0.2, 0) is 17.3 Å². The summed E-state index contributed by atoms with van der Waals surface area (Å²) in [4.78, 5) is 15.9. The van der Waals surface area contributed by atoms with Crippen LogP contribution in [0.2, 0.25) is 0 Å². The Labute approximate surface area is 113 Å². The third-order valence-corrected chi connectivity index (χ3v) is 3.69. The van der Waals surface area contributed by atoms with Gasteiger partial charge in [-0.2, -0.15) is 0 Å². The molecule has 4 nitrogen and oxygen atoms in total. The highest BCUT2D eigenvalue weighted by atomic mass is 16.4. The first-order chi connectivity index (χ1) is 8.75. The number of aryl methyl sites for hydroxylation is 1. The number of carboxylic acids is 1. The van der Waals surface area contributed by atoms with E-state index in [4.69, 9.17) is 0 Å². The van der Waals surface area contributed by atoms with Gasteiger partial charge in [0.1, 0.15) is 5.82 Å². The lowest BCUT2D eigenvalue weighted by molar-refractivity contribution is -0.142. The Morgan fingerprint density at radius 1 is 1.37 bits per heavy atom. The molecule has 0 atom stereocenters. The third-order valence-electron chi connectivity index (χ3n) is 3.69. The molecule has 1 heterocycles. The highest BCUT2D eigenvalue weighted by molar-refractivity contribution is 5.84. The van der Waals surface area contributed by atoms with Gasteiger partial charge in [-0.15, -0.1) is 0 Å². The number of hydrogen-bond acceptors (Lipinski definition) is 2. The minimum Gasteiger partial charge on any atom is -0.481 e. The van der Waals surface area contributed by atoms with Crippen molar-refractivity contribution in [3.05, 3.63) is 29.6 Å². The van der Waals surface area contributed by atoms with Crippen LogP contribution in [0.3, 0.4) is 0 Å². The zero-order valence-corrected chi connectivity index (χ0v) is 12.1. The first kappa shape index (κ1) is 13.6. The second kappa shape index (κ2) is 4.37. The van der Waals surface area contributed by atoms with Crippen molar-refractivity contribution in [2.75, 3.05) is 0 Å². The summed E-state index contributed by atoms with van der Waals surface area (Å²) in [5.41, 5.74) is 1.80. The number of imidazole rings is 1. The second-order valence-electron chi connectivity index (χ2n) is 5.82. The number of aromatic nitrogens is 2. The fraction of sp³-hybridized carbons (Fsp3) is 0.467. The zero-order chi connectivity index (χ0) is 14.4. The molecule has 0 fully saturated rings. The van der Waals surface area contributed by atoms with E-state index in [-0.39, 0.29) is 0 Å². The van der Waals surface area contributed by atoms with E-state index in [2.05, 4.69) is 18.8 Å². The van der Waals surface area contributed by atoms with Gasteiger partial charge in [-0.1, -0.05) is 19.9 Å². The van der Waals surface area contributed by atoms with Gasteiger partial charge in [0, 0.05) is 13.0 Å². The highest BCUT2D eigenvalue weighted by Gasteiger charge is 2.30. The average molecular weight is 260 g/mol. The number of carbonyl (C=O) groups is 1. The number of nitrogens with zero attached hydrogens (tertiary/aromatic N) is 2. The number of aliphatic carboxylic acids is 1. The van der Waals surface area contributed by atoms with E-state index in [1.165, 1.54) is 0 Å². The predicted octanol–water partition coefficient (Wildman–Crippen LogP) is 3.06. The summed E-state index contributed by atoms with van der Waals surface area (Å²) in [6.07, 6.45) is 0. The van der Waals surface area contributed by atoms with E-state index in [9.17, 15) is 9.90 Å². The molecule has 0 radical (unpaired) electrons. The van der Waals surface area contributed by atoms with Gasteiger partial charge >= 0.3 is 5.97 Å². The molecule has 2 aromatic rings. The highest BCUT2D eigenvalue weighted by Crippen LogP contribution is 2.28. The molecule has 1 N–H and O–H groups in total. The van der Waals surface area contributed by atoms with Crippen molar-refractivity contribution < 1.29 is 9.90 Å². The molecule has 2 rings (SSSR count). The number of rotatable bonds is 3. The van der Waals surface area contributed by atoms with Crippen LogP contribution in [0, 0.1) is 0 Å². The van der Waals surface area contributed by atoms with Crippen molar-refractivity contribution in [1.29, 1.82) is 0 Å². The molecule has 1 aromatic heterocycles. The van der Waals surface area contributed by atoms with Gasteiger partial charge in [-0.25, -0.2) is 4.98 Å². The summed E-state index contributed by atoms with van der Waals surface area (Å²) >= 11 is 0. The molecule has 0 saturated heterocycles. The van der Waals surface area contributed by atoms with Crippen LogP contribution in [0.1, 0.15) is 45.0 Å². The Morgan fingerprint density at radius 3 is 2.53 bits per heavy atom. The predicted molar refractivity (Wildman–Crippen MR) is 75.5 cm³/mol. The van der Waals surface area contributed by atoms with E-state index in [1.54, 1.807) is 13.8 Å². The van der Waals surface area contributed by atoms with Crippen molar-refractivity contribution in [2.45, 2.75) is 39.0 Å². The summed E-state index contributed by atoms with van der Waals surface area (Å²) in [5.74, 6) is 0.534. The number of benzene rings is 1. The van der Waals surface area contributed by atoms with Crippen molar-refractivity contribution in [2.24, 2.45) is 7.05 Å². The van der Waals surface area contributed by atoms with Crippen LogP contribution < -0.4 is 0 Å². The van der Waals surface area contributed by atoms with Crippen LogP contribution in [0.25, 0.3) is 11.0 Å². The summed E-state index contributed by atoms with van der Waals surface area (Å²) in [6, 6.07) is 5.69. The van der Waals surface area contributed by atoms with Crippen LogP contribution in [-0.4, -0.2) is 20.6 Å². The molecule has 0 aliphatic carbocycles. The molecule has 0 aliphatic rings. The molecule has 4 heteroatoms. The van der Waals surface area contributed by atoms with E-state index >= 15 is 0 Å². The van der Waals surface area contributed by atoms with Gasteiger partial charge in [0.15, 0.2) is 0 Å². The number of carboxylic acid groups (broad SMARTS) is 1. The van der Waals surface area contributed by atoms with Gasteiger partial charge in [0.2, 0.25) is 0 Å². The van der Waals surface area contributed by atoms with Gasteiger partial charge in [-0.3, -0.25) is 4.79 Å². The van der Waals surface area contributed by atoms with Crippen molar-refractivity contribution >= 4 is 17.0 Å². The van der Waals surface area contributed by atoms with Gasteiger partial charge in [0.25, 0.3) is 0 Å². The van der Waals surface area contributed by atoms with Crippen molar-refractivity contribution in [3.8, 4) is 0 Å². The first-order valence-electron chi connectivity index (χ1n) is 6.45. The largest absolute Gasteiger partial charge is 0.481 e. The average Bonchev–Trinajstić information content (AvgIpc) is 2.66. The zero-order valence-electron chi connectivity index (χ0n) is 12.1. The van der Waals surface area contributed by atoms with Crippen molar-refractivity contribution in [3.63, 3.8) is 0 Å². The number of fused-ring (bicyclic) bond motifs is 1. The lowest BCUT2D eigenvalue weighted by atomic mass is 9.85. The Balaban J connectivity index is 2.64. The summed E-state index contributed by atoms with van der Waals surface area (Å²) in [5, 5.41) is 9.31. The lowest BCUT2D eigenvalue weighted by Crippen LogP contribution is -2.28. The summed E-state index contributed by atoms with van der Waals surface area (Å²) in [7, 11) is 1.97. The van der Waals surface area contributed by atoms with Crippen LogP contribution in [0.5, 0.6) is 0 Å². The Hall–Kier alpha value is -1.84. The maximum absolute atomic E-state index is 11.3. The quantitative estimate of drug-likeness (QED) is 0.922. The van der Waals surface area contributed by atoms with Crippen LogP contribution in [0.15, 0.2) is 18.2 Å². The van der Waals surface area contributed by atoms with Gasteiger partial charge < -0.3 is 9.67 Å².